The zero-order valence-corrected chi connectivity index (χ0v) is 9.08. The van der Waals surface area contributed by atoms with Gasteiger partial charge in [-0.1, -0.05) is 29.8 Å². The quantitative estimate of drug-likeness (QED) is 0.694. The van der Waals surface area contributed by atoms with E-state index in [4.69, 9.17) is 0 Å². The third-order valence-corrected chi connectivity index (χ3v) is 2.73. The van der Waals surface area contributed by atoms with E-state index in [1.165, 1.54) is 4.90 Å². The molecule has 0 fully saturated rings. The molecule has 2 heteroatoms. The molecular formula is C9H11BrS. The summed E-state index contributed by atoms with van der Waals surface area (Å²) in [6.07, 6.45) is 0. The summed E-state index contributed by atoms with van der Waals surface area (Å²) in [6.45, 7) is 4.40. The Morgan fingerprint density at radius 2 is 1.73 bits per heavy atom. The molecule has 0 nitrogen and oxygen atoms in total. The highest BCUT2D eigenvalue weighted by molar-refractivity contribution is 9.10. The summed E-state index contributed by atoms with van der Waals surface area (Å²) in [7, 11) is 0. The largest absolute Gasteiger partial charge is 0.123 e. The maximum absolute atomic E-state index is 3.40. The Hall–Kier alpha value is 0.0500. The molecule has 0 aliphatic heterocycles. The SMILES string of the molecule is CC(C)Sc1ccc(Br)cc1. The summed E-state index contributed by atoms with van der Waals surface area (Å²) < 4.78 is 1.14. The Morgan fingerprint density at radius 1 is 1.18 bits per heavy atom. The van der Waals surface area contributed by atoms with Crippen LogP contribution in [0.3, 0.4) is 0 Å². The van der Waals surface area contributed by atoms with Crippen LogP contribution >= 0.6 is 27.7 Å². The van der Waals surface area contributed by atoms with Gasteiger partial charge in [0, 0.05) is 14.6 Å². The fourth-order valence-corrected chi connectivity index (χ4v) is 1.89. The van der Waals surface area contributed by atoms with Crippen LogP contribution < -0.4 is 0 Å². The molecule has 11 heavy (non-hydrogen) atoms. The van der Waals surface area contributed by atoms with Crippen LogP contribution in [-0.4, -0.2) is 5.25 Å². The van der Waals surface area contributed by atoms with E-state index in [9.17, 15) is 0 Å². The normalized spacial score (nSPS) is 10.5. The topological polar surface area (TPSA) is 0 Å². The van der Waals surface area contributed by atoms with Gasteiger partial charge in [-0.3, -0.25) is 0 Å². The highest BCUT2D eigenvalue weighted by Crippen LogP contribution is 2.23. The fraction of sp³-hybridized carbons (Fsp3) is 0.333. The van der Waals surface area contributed by atoms with Gasteiger partial charge >= 0.3 is 0 Å². The maximum Gasteiger partial charge on any atom is 0.0176 e. The summed E-state index contributed by atoms with van der Waals surface area (Å²) in [5.41, 5.74) is 0. The Bertz CT molecular complexity index is 216. The molecule has 0 unspecified atom stereocenters. The number of hydrogen-bond acceptors (Lipinski definition) is 1. The van der Waals surface area contributed by atoms with Crippen LogP contribution in [0, 0.1) is 0 Å². The third kappa shape index (κ3) is 3.30. The van der Waals surface area contributed by atoms with Gasteiger partial charge in [-0.2, -0.15) is 0 Å². The van der Waals surface area contributed by atoms with Crippen molar-refractivity contribution in [2.75, 3.05) is 0 Å². The Balaban J connectivity index is 2.66. The molecule has 0 amide bonds. The van der Waals surface area contributed by atoms with Crippen molar-refractivity contribution in [2.45, 2.75) is 24.0 Å². The summed E-state index contributed by atoms with van der Waals surface area (Å²) in [5.74, 6) is 0. The minimum Gasteiger partial charge on any atom is -0.123 e. The first-order valence-corrected chi connectivity index (χ1v) is 5.28. The number of benzene rings is 1. The molecule has 0 radical (unpaired) electrons. The number of rotatable bonds is 2. The second kappa shape index (κ2) is 4.17. The van der Waals surface area contributed by atoms with Gasteiger partial charge in [-0.15, -0.1) is 11.8 Å². The van der Waals surface area contributed by atoms with E-state index in [0.717, 1.165) is 4.47 Å². The summed E-state index contributed by atoms with van der Waals surface area (Å²) in [4.78, 5) is 1.34. The molecule has 0 aliphatic rings. The van der Waals surface area contributed by atoms with Crippen molar-refractivity contribution in [3.63, 3.8) is 0 Å². The van der Waals surface area contributed by atoms with Gasteiger partial charge in [-0.05, 0) is 24.3 Å². The Morgan fingerprint density at radius 3 is 2.18 bits per heavy atom. The van der Waals surface area contributed by atoms with Crippen molar-refractivity contribution in [1.82, 2.24) is 0 Å². The van der Waals surface area contributed by atoms with Gasteiger partial charge in [-0.25, -0.2) is 0 Å². The predicted octanol–water partition coefficient (Wildman–Crippen LogP) is 3.95. The highest BCUT2D eigenvalue weighted by Gasteiger charge is 1.96. The summed E-state index contributed by atoms with van der Waals surface area (Å²) in [6, 6.07) is 8.42. The minimum absolute atomic E-state index is 0.663. The van der Waals surface area contributed by atoms with E-state index in [0.29, 0.717) is 5.25 Å². The van der Waals surface area contributed by atoms with Crippen LogP contribution in [0.15, 0.2) is 33.6 Å². The van der Waals surface area contributed by atoms with E-state index in [1.807, 2.05) is 11.8 Å². The first-order valence-electron chi connectivity index (χ1n) is 3.60. The molecule has 60 valence electrons. The minimum atomic E-state index is 0.663. The first kappa shape index (κ1) is 9.14. The third-order valence-electron chi connectivity index (χ3n) is 1.19. The molecule has 0 saturated heterocycles. The summed E-state index contributed by atoms with van der Waals surface area (Å²) >= 11 is 5.29. The standard InChI is InChI=1S/C9H11BrS/c1-7(2)11-9-5-3-8(10)4-6-9/h3-7H,1-2H3. The molecule has 0 aromatic heterocycles. The van der Waals surface area contributed by atoms with Crippen LogP contribution in [0.2, 0.25) is 0 Å². The van der Waals surface area contributed by atoms with Gasteiger partial charge in [0.2, 0.25) is 0 Å². The Labute approximate surface area is 80.5 Å². The molecule has 0 aliphatic carbocycles. The maximum atomic E-state index is 3.40. The molecule has 0 saturated carbocycles. The second-order valence-electron chi connectivity index (χ2n) is 2.62. The van der Waals surface area contributed by atoms with Crippen molar-refractivity contribution in [1.29, 1.82) is 0 Å². The highest BCUT2D eigenvalue weighted by atomic mass is 79.9. The lowest BCUT2D eigenvalue weighted by Gasteiger charge is -2.03. The average molecular weight is 231 g/mol. The van der Waals surface area contributed by atoms with Crippen LogP contribution in [0.5, 0.6) is 0 Å². The molecule has 0 bridgehead atoms. The smallest absolute Gasteiger partial charge is 0.0176 e. The number of thioether (sulfide) groups is 1. The van der Waals surface area contributed by atoms with Crippen molar-refractivity contribution in [3.05, 3.63) is 28.7 Å². The van der Waals surface area contributed by atoms with Crippen molar-refractivity contribution in [2.24, 2.45) is 0 Å². The zero-order chi connectivity index (χ0) is 8.27. The van der Waals surface area contributed by atoms with Crippen molar-refractivity contribution >= 4 is 27.7 Å². The summed E-state index contributed by atoms with van der Waals surface area (Å²) in [5, 5.41) is 0.663. The zero-order valence-electron chi connectivity index (χ0n) is 6.67. The average Bonchev–Trinajstić information content (AvgIpc) is 1.93. The van der Waals surface area contributed by atoms with Gasteiger partial charge in [0.05, 0.1) is 0 Å². The molecular weight excluding hydrogens is 220 g/mol. The van der Waals surface area contributed by atoms with Gasteiger partial charge < -0.3 is 0 Å². The van der Waals surface area contributed by atoms with E-state index < -0.39 is 0 Å². The van der Waals surface area contributed by atoms with E-state index in [1.54, 1.807) is 0 Å². The van der Waals surface area contributed by atoms with Crippen LogP contribution in [0.4, 0.5) is 0 Å². The lowest BCUT2D eigenvalue weighted by atomic mass is 10.4. The second-order valence-corrected chi connectivity index (χ2v) is 5.19. The molecule has 0 N–H and O–H groups in total. The Kier molecular flexibility index (Phi) is 3.46. The molecule has 1 aromatic carbocycles. The number of halogens is 1. The van der Waals surface area contributed by atoms with Gasteiger partial charge in [0.1, 0.15) is 0 Å². The van der Waals surface area contributed by atoms with E-state index in [-0.39, 0.29) is 0 Å². The molecule has 0 atom stereocenters. The number of hydrogen-bond donors (Lipinski definition) is 0. The van der Waals surface area contributed by atoms with Crippen molar-refractivity contribution < 1.29 is 0 Å². The monoisotopic (exact) mass is 230 g/mol. The van der Waals surface area contributed by atoms with E-state index >= 15 is 0 Å². The van der Waals surface area contributed by atoms with Crippen LogP contribution in [0.25, 0.3) is 0 Å². The van der Waals surface area contributed by atoms with Gasteiger partial charge in [0.15, 0.2) is 0 Å². The predicted molar refractivity (Wildman–Crippen MR) is 55.1 cm³/mol. The molecule has 0 spiro atoms. The first-order chi connectivity index (χ1) is 5.18. The van der Waals surface area contributed by atoms with Crippen LogP contribution in [-0.2, 0) is 0 Å². The lowest BCUT2D eigenvalue weighted by molar-refractivity contribution is 1.11. The van der Waals surface area contributed by atoms with Crippen molar-refractivity contribution in [3.8, 4) is 0 Å². The van der Waals surface area contributed by atoms with Gasteiger partial charge in [0.25, 0.3) is 0 Å². The van der Waals surface area contributed by atoms with Crippen LogP contribution in [0.1, 0.15) is 13.8 Å². The fourth-order valence-electron chi connectivity index (χ4n) is 0.785. The van der Waals surface area contributed by atoms with E-state index in [2.05, 4.69) is 54.0 Å². The molecule has 1 aromatic rings. The molecule has 0 heterocycles. The lowest BCUT2D eigenvalue weighted by Crippen LogP contribution is -1.84. The molecule has 1 rings (SSSR count).